The molecule has 30 heavy (non-hydrogen) atoms. The van der Waals surface area contributed by atoms with Crippen molar-refractivity contribution in [3.05, 3.63) is 59.2 Å². The van der Waals surface area contributed by atoms with Gasteiger partial charge in [0.15, 0.2) is 0 Å². The number of anilines is 1. The van der Waals surface area contributed by atoms with E-state index in [4.69, 9.17) is 4.74 Å². The molecular formula is C23H32N2O4S. The summed E-state index contributed by atoms with van der Waals surface area (Å²) in [4.78, 5) is 13.1. The number of aryl methyl sites for hydroxylation is 2. The number of sulfonamides is 1. The normalized spacial score (nSPS) is 13.4. The maximum absolute atomic E-state index is 13.1. The second kappa shape index (κ2) is 9.98. The Hall–Kier alpha value is -2.54. The minimum absolute atomic E-state index is 0.242. The molecule has 7 heteroatoms. The SMILES string of the molecule is CCOc1ccc(N([C@H](CC)C(=O)N[C@@H](C)c2ccc(C)cc2C)S(C)(=O)=O)cc1. The molecular weight excluding hydrogens is 400 g/mol. The lowest BCUT2D eigenvalue weighted by Crippen LogP contribution is -2.49. The molecule has 0 fully saturated rings. The first-order chi connectivity index (χ1) is 14.1. The van der Waals surface area contributed by atoms with Crippen LogP contribution < -0.4 is 14.4 Å². The van der Waals surface area contributed by atoms with E-state index < -0.39 is 16.1 Å². The fourth-order valence-electron chi connectivity index (χ4n) is 3.62. The lowest BCUT2D eigenvalue weighted by atomic mass is 10.00. The molecule has 2 aromatic rings. The fourth-order valence-corrected chi connectivity index (χ4v) is 4.83. The van der Waals surface area contributed by atoms with Gasteiger partial charge in [-0.25, -0.2) is 8.42 Å². The summed E-state index contributed by atoms with van der Waals surface area (Å²) in [6.07, 6.45) is 1.46. The zero-order chi connectivity index (χ0) is 22.5. The van der Waals surface area contributed by atoms with Crippen LogP contribution in [-0.2, 0) is 14.8 Å². The van der Waals surface area contributed by atoms with E-state index in [1.165, 1.54) is 4.31 Å². The number of benzene rings is 2. The fraction of sp³-hybridized carbons (Fsp3) is 0.435. The molecule has 2 rings (SSSR count). The molecule has 164 valence electrons. The molecule has 0 aliphatic rings. The number of nitrogens with zero attached hydrogens (tertiary/aromatic N) is 1. The van der Waals surface area contributed by atoms with Gasteiger partial charge in [-0.05, 0) is 69.5 Å². The average Bonchev–Trinajstić information content (AvgIpc) is 2.65. The highest BCUT2D eigenvalue weighted by Crippen LogP contribution is 2.26. The first kappa shape index (κ1) is 23.7. The topological polar surface area (TPSA) is 75.7 Å². The summed E-state index contributed by atoms with van der Waals surface area (Å²) < 4.78 is 31.8. The molecule has 1 N–H and O–H groups in total. The standard InChI is InChI=1S/C23H32N2O4S/c1-7-22(23(26)24-18(5)21-14-9-16(3)15-17(21)4)25(30(6,27)28)19-10-12-20(13-11-19)29-8-2/h9-15,18,22H,7-8H2,1-6H3,(H,24,26)/t18-,22+/m0/s1. The Morgan fingerprint density at radius 3 is 2.23 bits per heavy atom. The summed E-state index contributed by atoms with van der Waals surface area (Å²) in [6, 6.07) is 11.7. The number of carbonyl (C=O) groups is 1. The highest BCUT2D eigenvalue weighted by molar-refractivity contribution is 7.92. The van der Waals surface area contributed by atoms with Crippen LogP contribution in [0.5, 0.6) is 5.75 Å². The average molecular weight is 433 g/mol. The maximum atomic E-state index is 13.1. The number of rotatable bonds is 9. The van der Waals surface area contributed by atoms with E-state index in [2.05, 4.69) is 11.4 Å². The quantitative estimate of drug-likeness (QED) is 0.647. The van der Waals surface area contributed by atoms with Crippen molar-refractivity contribution in [3.63, 3.8) is 0 Å². The zero-order valence-corrected chi connectivity index (χ0v) is 19.4. The third kappa shape index (κ3) is 5.75. The van der Waals surface area contributed by atoms with Crippen LogP contribution >= 0.6 is 0 Å². The van der Waals surface area contributed by atoms with Gasteiger partial charge >= 0.3 is 0 Å². The molecule has 2 atom stereocenters. The molecule has 0 bridgehead atoms. The Balaban J connectivity index is 2.31. The van der Waals surface area contributed by atoms with Crippen LogP contribution in [0.25, 0.3) is 0 Å². The van der Waals surface area contributed by atoms with E-state index in [0.29, 0.717) is 24.5 Å². The Bertz CT molecular complexity index is 971. The number of amides is 1. The molecule has 2 aromatic carbocycles. The summed E-state index contributed by atoms with van der Waals surface area (Å²) in [5.41, 5.74) is 3.68. The van der Waals surface area contributed by atoms with Crippen LogP contribution in [0.15, 0.2) is 42.5 Å². The van der Waals surface area contributed by atoms with Gasteiger partial charge in [-0.1, -0.05) is 30.7 Å². The van der Waals surface area contributed by atoms with Gasteiger partial charge in [-0.2, -0.15) is 0 Å². The molecule has 0 aromatic heterocycles. The lowest BCUT2D eigenvalue weighted by molar-refractivity contribution is -0.122. The van der Waals surface area contributed by atoms with Crippen molar-refractivity contribution in [1.29, 1.82) is 0 Å². The van der Waals surface area contributed by atoms with E-state index in [9.17, 15) is 13.2 Å². The zero-order valence-electron chi connectivity index (χ0n) is 18.6. The van der Waals surface area contributed by atoms with Crippen molar-refractivity contribution in [2.45, 2.75) is 53.1 Å². The van der Waals surface area contributed by atoms with E-state index in [1.54, 1.807) is 31.2 Å². The highest BCUT2D eigenvalue weighted by Gasteiger charge is 2.32. The van der Waals surface area contributed by atoms with Crippen LogP contribution in [0.2, 0.25) is 0 Å². The molecule has 0 aliphatic carbocycles. The Kier molecular flexibility index (Phi) is 7.89. The number of hydrogen-bond donors (Lipinski definition) is 1. The van der Waals surface area contributed by atoms with Crippen molar-refractivity contribution in [3.8, 4) is 5.75 Å². The van der Waals surface area contributed by atoms with E-state index in [1.807, 2.05) is 39.8 Å². The summed E-state index contributed by atoms with van der Waals surface area (Å²) in [5, 5.41) is 2.99. The molecule has 0 radical (unpaired) electrons. The minimum Gasteiger partial charge on any atom is -0.494 e. The third-order valence-electron chi connectivity index (χ3n) is 4.98. The number of carbonyl (C=O) groups excluding carboxylic acids is 1. The summed E-state index contributed by atoms with van der Waals surface area (Å²) >= 11 is 0. The Morgan fingerprint density at radius 1 is 1.10 bits per heavy atom. The molecule has 1 amide bonds. The first-order valence-corrected chi connectivity index (χ1v) is 12.0. The highest BCUT2D eigenvalue weighted by atomic mass is 32.2. The Morgan fingerprint density at radius 2 is 1.73 bits per heavy atom. The first-order valence-electron chi connectivity index (χ1n) is 10.2. The monoisotopic (exact) mass is 432 g/mol. The van der Waals surface area contributed by atoms with Gasteiger partial charge in [-0.15, -0.1) is 0 Å². The summed E-state index contributed by atoms with van der Waals surface area (Å²) in [5.74, 6) is 0.319. The van der Waals surface area contributed by atoms with Crippen LogP contribution in [0.1, 0.15) is 49.9 Å². The van der Waals surface area contributed by atoms with E-state index in [0.717, 1.165) is 22.9 Å². The van der Waals surface area contributed by atoms with Crippen LogP contribution in [0.3, 0.4) is 0 Å². The maximum Gasteiger partial charge on any atom is 0.244 e. The lowest BCUT2D eigenvalue weighted by Gasteiger charge is -2.31. The number of nitrogens with one attached hydrogen (secondary N) is 1. The van der Waals surface area contributed by atoms with Gasteiger partial charge in [0.1, 0.15) is 11.8 Å². The molecule has 6 nitrogen and oxygen atoms in total. The molecule has 0 saturated carbocycles. The van der Waals surface area contributed by atoms with Gasteiger partial charge in [-0.3, -0.25) is 9.10 Å². The van der Waals surface area contributed by atoms with Crippen LogP contribution in [-0.4, -0.2) is 33.2 Å². The molecule has 0 aliphatic heterocycles. The molecule has 0 heterocycles. The van der Waals surface area contributed by atoms with Crippen molar-refractivity contribution in [2.75, 3.05) is 17.2 Å². The van der Waals surface area contributed by atoms with Gasteiger partial charge in [0.25, 0.3) is 0 Å². The van der Waals surface area contributed by atoms with Crippen LogP contribution in [0, 0.1) is 13.8 Å². The number of hydrogen-bond acceptors (Lipinski definition) is 4. The van der Waals surface area contributed by atoms with Crippen LogP contribution in [0.4, 0.5) is 5.69 Å². The molecule has 0 saturated heterocycles. The van der Waals surface area contributed by atoms with Crippen molar-refractivity contribution in [2.24, 2.45) is 0 Å². The Labute approximate surface area is 180 Å². The number of ether oxygens (including phenoxy) is 1. The predicted molar refractivity (Wildman–Crippen MR) is 121 cm³/mol. The second-order valence-electron chi connectivity index (χ2n) is 7.50. The second-order valence-corrected chi connectivity index (χ2v) is 9.36. The third-order valence-corrected chi connectivity index (χ3v) is 6.16. The van der Waals surface area contributed by atoms with Gasteiger partial charge in [0.05, 0.1) is 24.6 Å². The largest absolute Gasteiger partial charge is 0.494 e. The summed E-state index contributed by atoms with van der Waals surface area (Å²) in [7, 11) is -3.68. The summed E-state index contributed by atoms with van der Waals surface area (Å²) in [6.45, 7) is 10.1. The van der Waals surface area contributed by atoms with E-state index in [-0.39, 0.29) is 11.9 Å². The smallest absolute Gasteiger partial charge is 0.244 e. The van der Waals surface area contributed by atoms with Gasteiger partial charge in [0.2, 0.25) is 15.9 Å². The predicted octanol–water partition coefficient (Wildman–Crippen LogP) is 4.12. The minimum atomic E-state index is -3.68. The van der Waals surface area contributed by atoms with Crippen molar-refractivity contribution >= 4 is 21.6 Å². The molecule has 0 unspecified atom stereocenters. The molecule has 0 spiro atoms. The van der Waals surface area contributed by atoms with Crippen molar-refractivity contribution < 1.29 is 17.9 Å². The van der Waals surface area contributed by atoms with Gasteiger partial charge < -0.3 is 10.1 Å². The van der Waals surface area contributed by atoms with Gasteiger partial charge in [0, 0.05) is 0 Å². The van der Waals surface area contributed by atoms with Crippen molar-refractivity contribution in [1.82, 2.24) is 5.32 Å². The van der Waals surface area contributed by atoms with E-state index >= 15 is 0 Å².